The summed E-state index contributed by atoms with van der Waals surface area (Å²) in [5.74, 6) is 0.282. The Bertz CT molecular complexity index is 649. The van der Waals surface area contributed by atoms with Crippen LogP contribution in [0.5, 0.6) is 11.5 Å². The second-order valence-corrected chi connectivity index (χ2v) is 4.37. The number of aryl methyl sites for hydroxylation is 1. The molecule has 0 fully saturated rings. The molecular weight excluding hydrogens is 272 g/mol. The van der Waals surface area contributed by atoms with E-state index in [1.807, 2.05) is 26.0 Å². The van der Waals surface area contributed by atoms with E-state index in [4.69, 9.17) is 14.6 Å². The highest BCUT2D eigenvalue weighted by Crippen LogP contribution is 2.32. The Labute approximate surface area is 122 Å². The van der Waals surface area contributed by atoms with Gasteiger partial charge >= 0.3 is 5.97 Å². The number of carbonyl (C=O) groups is 1. The van der Waals surface area contributed by atoms with E-state index in [-0.39, 0.29) is 5.69 Å². The Hall–Kier alpha value is -2.50. The summed E-state index contributed by atoms with van der Waals surface area (Å²) in [5.41, 5.74) is 1.50. The molecule has 21 heavy (non-hydrogen) atoms. The van der Waals surface area contributed by atoms with Crippen molar-refractivity contribution in [3.63, 3.8) is 0 Å². The molecular formula is C15H18N2O4. The summed E-state index contributed by atoms with van der Waals surface area (Å²) >= 11 is 0. The van der Waals surface area contributed by atoms with E-state index in [1.54, 1.807) is 13.1 Å². The lowest BCUT2D eigenvalue weighted by molar-refractivity contribution is 0.0685. The molecule has 1 aromatic carbocycles. The van der Waals surface area contributed by atoms with Crippen molar-refractivity contribution in [1.82, 2.24) is 9.78 Å². The van der Waals surface area contributed by atoms with Crippen LogP contribution in [0, 0.1) is 0 Å². The van der Waals surface area contributed by atoms with Gasteiger partial charge in [0.2, 0.25) is 0 Å². The van der Waals surface area contributed by atoms with Crippen molar-refractivity contribution >= 4 is 5.97 Å². The molecule has 0 saturated heterocycles. The SMILES string of the molecule is CCOc1ccc(-c2cc(C(=O)O)n(C)n2)cc1OCC. The van der Waals surface area contributed by atoms with Gasteiger partial charge < -0.3 is 14.6 Å². The third-order valence-electron chi connectivity index (χ3n) is 2.94. The lowest BCUT2D eigenvalue weighted by Gasteiger charge is -2.11. The molecule has 2 aromatic rings. The van der Waals surface area contributed by atoms with Gasteiger partial charge in [0.1, 0.15) is 5.69 Å². The minimum absolute atomic E-state index is 0.136. The van der Waals surface area contributed by atoms with Gasteiger partial charge in [-0.1, -0.05) is 0 Å². The zero-order valence-corrected chi connectivity index (χ0v) is 12.3. The summed E-state index contributed by atoms with van der Waals surface area (Å²) in [6.45, 7) is 4.87. The molecule has 112 valence electrons. The fraction of sp³-hybridized carbons (Fsp3) is 0.333. The molecule has 0 saturated carbocycles. The predicted octanol–water partition coefficient (Wildman–Crippen LogP) is 2.58. The van der Waals surface area contributed by atoms with Crippen LogP contribution in [0.3, 0.4) is 0 Å². The number of aromatic carboxylic acids is 1. The first kappa shape index (κ1) is 14.9. The maximum atomic E-state index is 11.1. The van der Waals surface area contributed by atoms with Crippen LogP contribution in [0.4, 0.5) is 0 Å². The zero-order chi connectivity index (χ0) is 15.4. The highest BCUT2D eigenvalue weighted by atomic mass is 16.5. The van der Waals surface area contributed by atoms with Gasteiger partial charge in [0, 0.05) is 12.6 Å². The van der Waals surface area contributed by atoms with E-state index in [9.17, 15) is 4.79 Å². The summed E-state index contributed by atoms with van der Waals surface area (Å²) in [4.78, 5) is 11.1. The average molecular weight is 290 g/mol. The van der Waals surface area contributed by atoms with Crippen molar-refractivity contribution in [1.29, 1.82) is 0 Å². The molecule has 0 aliphatic heterocycles. The molecule has 6 heteroatoms. The molecule has 1 heterocycles. The number of carboxylic acids is 1. The number of hydrogen-bond acceptors (Lipinski definition) is 4. The zero-order valence-electron chi connectivity index (χ0n) is 12.3. The van der Waals surface area contributed by atoms with Crippen LogP contribution < -0.4 is 9.47 Å². The topological polar surface area (TPSA) is 73.6 Å². The third kappa shape index (κ3) is 3.16. The molecule has 1 aromatic heterocycles. The van der Waals surface area contributed by atoms with Gasteiger partial charge in [-0.25, -0.2) is 4.79 Å². The molecule has 0 radical (unpaired) electrons. The van der Waals surface area contributed by atoms with E-state index in [0.717, 1.165) is 5.56 Å². The number of aromatic nitrogens is 2. The van der Waals surface area contributed by atoms with E-state index in [2.05, 4.69) is 5.10 Å². The van der Waals surface area contributed by atoms with E-state index in [1.165, 1.54) is 10.7 Å². The lowest BCUT2D eigenvalue weighted by atomic mass is 10.1. The first-order chi connectivity index (χ1) is 10.1. The van der Waals surface area contributed by atoms with Crippen molar-refractivity contribution in [3.05, 3.63) is 30.0 Å². The average Bonchev–Trinajstić information content (AvgIpc) is 2.83. The van der Waals surface area contributed by atoms with Gasteiger partial charge in [0.15, 0.2) is 11.5 Å². The van der Waals surface area contributed by atoms with Crippen LogP contribution in [0.25, 0.3) is 11.3 Å². The van der Waals surface area contributed by atoms with Crippen molar-refractivity contribution in [3.8, 4) is 22.8 Å². The molecule has 0 bridgehead atoms. The summed E-state index contributed by atoms with van der Waals surface area (Å²) in [6.07, 6.45) is 0. The van der Waals surface area contributed by atoms with Crippen molar-refractivity contribution < 1.29 is 19.4 Å². The minimum Gasteiger partial charge on any atom is -0.490 e. The van der Waals surface area contributed by atoms with Crippen molar-refractivity contribution in [2.75, 3.05) is 13.2 Å². The van der Waals surface area contributed by atoms with Crippen LogP contribution in [0.15, 0.2) is 24.3 Å². The molecule has 0 atom stereocenters. The lowest BCUT2D eigenvalue weighted by Crippen LogP contribution is -2.04. The van der Waals surface area contributed by atoms with Gasteiger partial charge in [0.25, 0.3) is 0 Å². The van der Waals surface area contributed by atoms with Gasteiger partial charge in [0.05, 0.1) is 18.9 Å². The molecule has 0 aliphatic rings. The number of hydrogen-bond donors (Lipinski definition) is 1. The quantitative estimate of drug-likeness (QED) is 0.885. The predicted molar refractivity (Wildman–Crippen MR) is 77.9 cm³/mol. The van der Waals surface area contributed by atoms with Crippen LogP contribution in [0.1, 0.15) is 24.3 Å². The monoisotopic (exact) mass is 290 g/mol. The van der Waals surface area contributed by atoms with Gasteiger partial charge in [-0.2, -0.15) is 5.10 Å². The second-order valence-electron chi connectivity index (χ2n) is 4.37. The Morgan fingerprint density at radius 1 is 1.19 bits per heavy atom. The summed E-state index contributed by atoms with van der Waals surface area (Å²) in [6, 6.07) is 6.98. The molecule has 0 unspecified atom stereocenters. The Balaban J connectivity index is 2.42. The fourth-order valence-electron chi connectivity index (χ4n) is 2.02. The summed E-state index contributed by atoms with van der Waals surface area (Å²) in [7, 11) is 1.60. The highest BCUT2D eigenvalue weighted by Gasteiger charge is 2.14. The summed E-state index contributed by atoms with van der Waals surface area (Å²) in [5, 5.41) is 13.3. The molecule has 0 aliphatic carbocycles. The number of carboxylic acid groups (broad SMARTS) is 1. The van der Waals surface area contributed by atoms with Crippen LogP contribution in [-0.2, 0) is 7.05 Å². The van der Waals surface area contributed by atoms with Crippen molar-refractivity contribution in [2.24, 2.45) is 7.05 Å². The molecule has 6 nitrogen and oxygen atoms in total. The maximum absolute atomic E-state index is 11.1. The van der Waals surface area contributed by atoms with Gasteiger partial charge in [-0.3, -0.25) is 4.68 Å². The van der Waals surface area contributed by atoms with Crippen LogP contribution >= 0.6 is 0 Å². The Morgan fingerprint density at radius 3 is 2.43 bits per heavy atom. The van der Waals surface area contributed by atoms with Gasteiger partial charge in [-0.05, 0) is 38.1 Å². The molecule has 2 rings (SSSR count). The first-order valence-electron chi connectivity index (χ1n) is 6.74. The Kier molecular flexibility index (Phi) is 4.47. The maximum Gasteiger partial charge on any atom is 0.354 e. The standard InChI is InChI=1S/C15H18N2O4/c1-4-20-13-7-6-10(8-14(13)21-5-2)11-9-12(15(18)19)17(3)16-11/h6-9H,4-5H2,1-3H3,(H,18,19). The van der Waals surface area contributed by atoms with Gasteiger partial charge in [-0.15, -0.1) is 0 Å². The van der Waals surface area contributed by atoms with Crippen LogP contribution in [-0.4, -0.2) is 34.1 Å². The Morgan fingerprint density at radius 2 is 1.86 bits per heavy atom. The fourth-order valence-corrected chi connectivity index (χ4v) is 2.02. The number of rotatable bonds is 6. The number of nitrogens with zero attached hydrogens (tertiary/aromatic N) is 2. The third-order valence-corrected chi connectivity index (χ3v) is 2.94. The van der Waals surface area contributed by atoms with E-state index in [0.29, 0.717) is 30.4 Å². The molecule has 0 spiro atoms. The first-order valence-corrected chi connectivity index (χ1v) is 6.74. The number of ether oxygens (including phenoxy) is 2. The van der Waals surface area contributed by atoms with E-state index >= 15 is 0 Å². The smallest absolute Gasteiger partial charge is 0.354 e. The summed E-state index contributed by atoms with van der Waals surface area (Å²) < 4.78 is 12.4. The highest BCUT2D eigenvalue weighted by molar-refractivity contribution is 5.87. The molecule has 0 amide bonds. The second kappa shape index (κ2) is 6.30. The number of benzene rings is 1. The minimum atomic E-state index is -1.01. The normalized spacial score (nSPS) is 10.4. The molecule has 1 N–H and O–H groups in total. The van der Waals surface area contributed by atoms with Crippen LogP contribution in [0.2, 0.25) is 0 Å². The largest absolute Gasteiger partial charge is 0.490 e. The van der Waals surface area contributed by atoms with E-state index < -0.39 is 5.97 Å². The van der Waals surface area contributed by atoms with Crippen molar-refractivity contribution in [2.45, 2.75) is 13.8 Å².